The molecular formula is C16H9BrClN5. The Morgan fingerprint density at radius 3 is 2.65 bits per heavy atom. The van der Waals surface area contributed by atoms with Crippen LogP contribution in [0.2, 0.25) is 5.15 Å². The molecule has 0 radical (unpaired) electrons. The lowest BCUT2D eigenvalue weighted by molar-refractivity contribution is 0.717. The molecule has 0 fully saturated rings. The Morgan fingerprint density at radius 1 is 1.00 bits per heavy atom. The SMILES string of the molecule is Clc1nc2ccccc2cc1-c1nnn(-c2ccccc2Br)n1. The fourth-order valence-corrected chi connectivity index (χ4v) is 2.96. The largest absolute Gasteiger partial charge is 0.235 e. The number of fused-ring (bicyclic) bond motifs is 1. The number of halogens is 2. The minimum atomic E-state index is 0.357. The van der Waals surface area contributed by atoms with Crippen LogP contribution in [0.3, 0.4) is 0 Å². The summed E-state index contributed by atoms with van der Waals surface area (Å²) in [7, 11) is 0. The van der Waals surface area contributed by atoms with Gasteiger partial charge >= 0.3 is 0 Å². The van der Waals surface area contributed by atoms with Crippen LogP contribution >= 0.6 is 27.5 Å². The van der Waals surface area contributed by atoms with E-state index in [9.17, 15) is 0 Å². The molecular weight excluding hydrogens is 378 g/mol. The lowest BCUT2D eigenvalue weighted by Crippen LogP contribution is -1.99. The second-order valence-electron chi connectivity index (χ2n) is 4.87. The zero-order valence-electron chi connectivity index (χ0n) is 11.7. The van der Waals surface area contributed by atoms with Crippen LogP contribution in [0.1, 0.15) is 0 Å². The van der Waals surface area contributed by atoms with Gasteiger partial charge in [0.15, 0.2) is 0 Å². The molecule has 2 heterocycles. The normalized spacial score (nSPS) is 11.0. The summed E-state index contributed by atoms with van der Waals surface area (Å²) in [5, 5.41) is 14.0. The molecule has 4 rings (SSSR count). The first-order valence-electron chi connectivity index (χ1n) is 6.83. The average Bonchev–Trinajstić information content (AvgIpc) is 3.04. The van der Waals surface area contributed by atoms with Gasteiger partial charge in [0.1, 0.15) is 10.8 Å². The molecule has 0 aliphatic heterocycles. The van der Waals surface area contributed by atoms with Crippen molar-refractivity contribution in [1.29, 1.82) is 0 Å². The first kappa shape index (κ1) is 14.3. The number of rotatable bonds is 2. The van der Waals surface area contributed by atoms with Crippen molar-refractivity contribution in [3.05, 3.63) is 64.2 Å². The summed E-state index contributed by atoms with van der Waals surface area (Å²) in [6.07, 6.45) is 0. The highest BCUT2D eigenvalue weighted by Crippen LogP contribution is 2.27. The van der Waals surface area contributed by atoms with Gasteiger partial charge in [-0.05, 0) is 45.4 Å². The summed E-state index contributed by atoms with van der Waals surface area (Å²) in [6, 6.07) is 17.3. The lowest BCUT2D eigenvalue weighted by atomic mass is 10.1. The average molecular weight is 387 g/mol. The zero-order chi connectivity index (χ0) is 15.8. The van der Waals surface area contributed by atoms with Crippen LogP contribution in [0.15, 0.2) is 59.1 Å². The number of pyridine rings is 1. The maximum Gasteiger partial charge on any atom is 0.208 e. The van der Waals surface area contributed by atoms with Crippen LogP contribution in [0.4, 0.5) is 0 Å². The van der Waals surface area contributed by atoms with E-state index in [1.807, 2.05) is 54.6 Å². The van der Waals surface area contributed by atoms with Gasteiger partial charge in [-0.25, -0.2) is 4.98 Å². The summed E-state index contributed by atoms with van der Waals surface area (Å²) in [6.45, 7) is 0. The van der Waals surface area contributed by atoms with Gasteiger partial charge in [-0.1, -0.05) is 41.9 Å². The first-order valence-corrected chi connectivity index (χ1v) is 8.00. The van der Waals surface area contributed by atoms with E-state index in [1.54, 1.807) is 0 Å². The summed E-state index contributed by atoms with van der Waals surface area (Å²) in [5.41, 5.74) is 2.29. The molecule has 0 saturated carbocycles. The Bertz CT molecular complexity index is 1010. The van der Waals surface area contributed by atoms with Crippen LogP contribution in [0, 0.1) is 0 Å². The third-order valence-electron chi connectivity index (χ3n) is 3.40. The Kier molecular flexibility index (Phi) is 3.55. The molecule has 0 N–H and O–H groups in total. The summed E-state index contributed by atoms with van der Waals surface area (Å²) in [4.78, 5) is 5.85. The van der Waals surface area contributed by atoms with Crippen molar-refractivity contribution in [3.63, 3.8) is 0 Å². The molecule has 0 unspecified atom stereocenters. The van der Waals surface area contributed by atoms with E-state index in [1.165, 1.54) is 4.80 Å². The van der Waals surface area contributed by atoms with Gasteiger partial charge in [0.2, 0.25) is 5.82 Å². The minimum Gasteiger partial charge on any atom is -0.235 e. The van der Waals surface area contributed by atoms with Gasteiger partial charge in [-0.3, -0.25) is 0 Å². The highest BCUT2D eigenvalue weighted by Gasteiger charge is 2.14. The maximum atomic E-state index is 6.29. The van der Waals surface area contributed by atoms with E-state index in [0.717, 1.165) is 21.1 Å². The summed E-state index contributed by atoms with van der Waals surface area (Å²) < 4.78 is 0.881. The molecule has 5 nitrogen and oxygen atoms in total. The van der Waals surface area contributed by atoms with E-state index in [0.29, 0.717) is 16.5 Å². The van der Waals surface area contributed by atoms with E-state index >= 15 is 0 Å². The quantitative estimate of drug-likeness (QED) is 0.482. The van der Waals surface area contributed by atoms with Crippen LogP contribution in [0.25, 0.3) is 28.0 Å². The lowest BCUT2D eigenvalue weighted by Gasteiger charge is -2.02. The standard InChI is InChI=1S/C16H9BrClN5/c17-12-6-2-4-8-14(12)23-21-16(20-22-23)11-9-10-5-1-3-7-13(10)19-15(11)18/h1-9H. The molecule has 0 amide bonds. The highest BCUT2D eigenvalue weighted by atomic mass is 79.9. The molecule has 7 heteroatoms. The number of nitrogens with zero attached hydrogens (tertiary/aromatic N) is 5. The van der Waals surface area contributed by atoms with Crippen LogP contribution < -0.4 is 0 Å². The second-order valence-corrected chi connectivity index (χ2v) is 6.09. The van der Waals surface area contributed by atoms with Gasteiger partial charge in [-0.2, -0.15) is 0 Å². The predicted molar refractivity (Wildman–Crippen MR) is 92.6 cm³/mol. The van der Waals surface area contributed by atoms with E-state index in [-0.39, 0.29) is 0 Å². The summed E-state index contributed by atoms with van der Waals surface area (Å²) >= 11 is 9.77. The third kappa shape index (κ3) is 2.60. The predicted octanol–water partition coefficient (Wildman–Crippen LogP) is 4.29. The molecule has 112 valence electrons. The highest BCUT2D eigenvalue weighted by molar-refractivity contribution is 9.10. The number of aromatic nitrogens is 5. The number of para-hydroxylation sites is 2. The van der Waals surface area contributed by atoms with E-state index in [4.69, 9.17) is 11.6 Å². The minimum absolute atomic E-state index is 0.357. The molecule has 23 heavy (non-hydrogen) atoms. The Labute approximate surface area is 145 Å². The van der Waals surface area contributed by atoms with Crippen molar-refractivity contribution in [3.8, 4) is 17.1 Å². The second kappa shape index (κ2) is 5.72. The molecule has 0 aliphatic carbocycles. The molecule has 0 bridgehead atoms. The monoisotopic (exact) mass is 385 g/mol. The van der Waals surface area contributed by atoms with E-state index in [2.05, 4.69) is 36.3 Å². The van der Waals surface area contributed by atoms with Gasteiger partial charge in [0.05, 0.1) is 11.1 Å². The number of benzene rings is 2. The fraction of sp³-hybridized carbons (Fsp3) is 0. The molecule has 0 spiro atoms. The van der Waals surface area contributed by atoms with Gasteiger partial charge in [0.25, 0.3) is 0 Å². The van der Waals surface area contributed by atoms with Gasteiger partial charge < -0.3 is 0 Å². The zero-order valence-corrected chi connectivity index (χ0v) is 14.0. The maximum absolute atomic E-state index is 6.29. The topological polar surface area (TPSA) is 56.5 Å². The molecule has 2 aromatic carbocycles. The molecule has 0 saturated heterocycles. The van der Waals surface area contributed by atoms with Crippen molar-refractivity contribution in [2.45, 2.75) is 0 Å². The fourth-order valence-electron chi connectivity index (χ4n) is 2.29. The van der Waals surface area contributed by atoms with Gasteiger partial charge in [0, 0.05) is 9.86 Å². The Hall–Kier alpha value is -2.31. The number of hydrogen-bond donors (Lipinski definition) is 0. The molecule has 0 atom stereocenters. The molecule has 0 aliphatic rings. The van der Waals surface area contributed by atoms with Crippen LogP contribution in [0.5, 0.6) is 0 Å². The molecule has 2 aromatic heterocycles. The number of tetrazole rings is 1. The molecule has 4 aromatic rings. The summed E-state index contributed by atoms with van der Waals surface area (Å²) in [5.74, 6) is 0.434. The van der Waals surface area contributed by atoms with Crippen molar-refractivity contribution >= 4 is 38.4 Å². The van der Waals surface area contributed by atoms with Crippen LogP contribution in [-0.4, -0.2) is 25.2 Å². The smallest absolute Gasteiger partial charge is 0.208 e. The number of hydrogen-bond acceptors (Lipinski definition) is 4. The van der Waals surface area contributed by atoms with Crippen LogP contribution in [-0.2, 0) is 0 Å². The van der Waals surface area contributed by atoms with Gasteiger partial charge in [-0.15, -0.1) is 15.0 Å². The van der Waals surface area contributed by atoms with E-state index < -0.39 is 0 Å². The van der Waals surface area contributed by atoms with Crippen molar-refractivity contribution < 1.29 is 0 Å². The van der Waals surface area contributed by atoms with Crippen molar-refractivity contribution in [1.82, 2.24) is 25.2 Å². The first-order chi connectivity index (χ1) is 11.2. The third-order valence-corrected chi connectivity index (χ3v) is 4.36. The Morgan fingerprint density at radius 2 is 1.78 bits per heavy atom. The van der Waals surface area contributed by atoms with Crippen molar-refractivity contribution in [2.75, 3.05) is 0 Å². The van der Waals surface area contributed by atoms with Crippen molar-refractivity contribution in [2.24, 2.45) is 0 Å². The Balaban J connectivity index is 1.83.